The number of halogens is 4. The Balaban J connectivity index is 2.17. The summed E-state index contributed by atoms with van der Waals surface area (Å²) in [5.41, 5.74) is 0.315. The number of rotatable bonds is 2. The van der Waals surface area contributed by atoms with Crippen molar-refractivity contribution >= 4 is 22.2 Å². The highest BCUT2D eigenvalue weighted by Crippen LogP contribution is 2.33. The van der Waals surface area contributed by atoms with Crippen molar-refractivity contribution in [2.45, 2.75) is 6.18 Å². The zero-order chi connectivity index (χ0) is 12.5. The van der Waals surface area contributed by atoms with Gasteiger partial charge in [0.2, 0.25) is 10.1 Å². The Hall–Kier alpha value is -1.70. The van der Waals surface area contributed by atoms with Crippen molar-refractivity contribution < 1.29 is 17.6 Å². The fourth-order valence-corrected chi connectivity index (χ4v) is 1.71. The van der Waals surface area contributed by atoms with E-state index in [-0.39, 0.29) is 5.13 Å². The number of benzene rings is 1. The van der Waals surface area contributed by atoms with Crippen LogP contribution in [0.2, 0.25) is 0 Å². The molecule has 2 aromatic rings. The van der Waals surface area contributed by atoms with E-state index in [2.05, 4.69) is 15.5 Å². The average Bonchev–Trinajstić information content (AvgIpc) is 2.65. The number of hydrogen-bond donors (Lipinski definition) is 1. The van der Waals surface area contributed by atoms with Crippen molar-refractivity contribution in [3.63, 3.8) is 0 Å². The summed E-state index contributed by atoms with van der Waals surface area (Å²) < 4.78 is 49.5. The Bertz CT molecular complexity index is 523. The molecular formula is C9H5F4N3S. The molecule has 8 heteroatoms. The topological polar surface area (TPSA) is 37.8 Å². The van der Waals surface area contributed by atoms with E-state index in [1.807, 2.05) is 0 Å². The van der Waals surface area contributed by atoms with Crippen molar-refractivity contribution in [1.82, 2.24) is 10.2 Å². The fraction of sp³-hybridized carbons (Fsp3) is 0.111. The summed E-state index contributed by atoms with van der Waals surface area (Å²) in [7, 11) is 0. The lowest BCUT2D eigenvalue weighted by Crippen LogP contribution is -2.03. The lowest BCUT2D eigenvalue weighted by Gasteiger charge is -2.01. The Morgan fingerprint density at radius 2 is 1.94 bits per heavy atom. The van der Waals surface area contributed by atoms with Gasteiger partial charge in [-0.3, -0.25) is 0 Å². The molecule has 0 atom stereocenters. The number of nitrogens with zero attached hydrogens (tertiary/aromatic N) is 2. The summed E-state index contributed by atoms with van der Waals surface area (Å²) in [6.45, 7) is 0. The minimum absolute atomic E-state index is 0.0390. The summed E-state index contributed by atoms with van der Waals surface area (Å²) in [5, 5.41) is 7.77. The molecule has 1 heterocycles. The van der Waals surface area contributed by atoms with Crippen molar-refractivity contribution in [1.29, 1.82) is 0 Å². The zero-order valence-electron chi connectivity index (χ0n) is 8.12. The Morgan fingerprint density at radius 3 is 2.53 bits per heavy atom. The second kappa shape index (κ2) is 4.28. The molecule has 0 saturated heterocycles. The van der Waals surface area contributed by atoms with Crippen LogP contribution in [0.4, 0.5) is 28.4 Å². The lowest BCUT2D eigenvalue weighted by atomic mass is 10.3. The predicted octanol–water partition coefficient (Wildman–Crippen LogP) is 3.44. The van der Waals surface area contributed by atoms with Crippen LogP contribution in [-0.2, 0) is 6.18 Å². The van der Waals surface area contributed by atoms with Gasteiger partial charge in [-0.1, -0.05) is 17.4 Å². The molecule has 0 saturated carbocycles. The van der Waals surface area contributed by atoms with E-state index in [4.69, 9.17) is 0 Å². The molecule has 0 spiro atoms. The third kappa shape index (κ3) is 2.90. The second-order valence-electron chi connectivity index (χ2n) is 3.05. The molecule has 0 fully saturated rings. The minimum atomic E-state index is -4.51. The van der Waals surface area contributed by atoms with Gasteiger partial charge in [0.05, 0.1) is 0 Å². The Kier molecular flexibility index (Phi) is 2.97. The van der Waals surface area contributed by atoms with Gasteiger partial charge in [-0.15, -0.1) is 10.2 Å². The molecule has 90 valence electrons. The zero-order valence-corrected chi connectivity index (χ0v) is 8.94. The van der Waals surface area contributed by atoms with Crippen molar-refractivity contribution in [2.75, 3.05) is 5.32 Å². The molecule has 17 heavy (non-hydrogen) atoms. The molecule has 0 aliphatic rings. The minimum Gasteiger partial charge on any atom is -0.330 e. The average molecular weight is 263 g/mol. The van der Waals surface area contributed by atoms with Gasteiger partial charge in [-0.25, -0.2) is 4.39 Å². The fourth-order valence-electron chi connectivity index (χ4n) is 1.08. The molecule has 0 radical (unpaired) electrons. The van der Waals surface area contributed by atoms with Crippen LogP contribution in [0.25, 0.3) is 0 Å². The van der Waals surface area contributed by atoms with Crippen LogP contribution < -0.4 is 5.32 Å². The van der Waals surface area contributed by atoms with Crippen molar-refractivity contribution in [3.8, 4) is 0 Å². The number of nitrogens with one attached hydrogen (secondary N) is 1. The number of alkyl halides is 3. The second-order valence-corrected chi connectivity index (χ2v) is 4.02. The van der Waals surface area contributed by atoms with Gasteiger partial charge in [0.1, 0.15) is 5.82 Å². The van der Waals surface area contributed by atoms with Crippen LogP contribution in [-0.4, -0.2) is 10.2 Å². The van der Waals surface area contributed by atoms with E-state index in [1.54, 1.807) is 0 Å². The first-order valence-electron chi connectivity index (χ1n) is 4.38. The van der Waals surface area contributed by atoms with Gasteiger partial charge in [0.25, 0.3) is 0 Å². The van der Waals surface area contributed by atoms with Crippen LogP contribution in [0.5, 0.6) is 0 Å². The van der Waals surface area contributed by atoms with E-state index in [9.17, 15) is 17.6 Å². The summed E-state index contributed by atoms with van der Waals surface area (Å²) in [4.78, 5) is 0. The van der Waals surface area contributed by atoms with Gasteiger partial charge in [-0.2, -0.15) is 13.2 Å². The first-order valence-corrected chi connectivity index (χ1v) is 5.20. The molecule has 1 aromatic carbocycles. The van der Waals surface area contributed by atoms with E-state index >= 15 is 0 Å². The monoisotopic (exact) mass is 263 g/mol. The van der Waals surface area contributed by atoms with Gasteiger partial charge in [0.15, 0.2) is 0 Å². The van der Waals surface area contributed by atoms with E-state index in [0.29, 0.717) is 17.0 Å². The maximum absolute atomic E-state index is 12.8. The maximum Gasteiger partial charge on any atom is 0.445 e. The standard InChI is InChI=1S/C9H5F4N3S/c10-5-2-1-3-6(4-5)14-8-16-15-7(17-8)9(11,12)13/h1-4H,(H,14,16). The number of hydrogen-bond acceptors (Lipinski definition) is 4. The predicted molar refractivity (Wildman–Crippen MR) is 54.6 cm³/mol. The molecule has 0 unspecified atom stereocenters. The van der Waals surface area contributed by atoms with Gasteiger partial charge in [0, 0.05) is 5.69 Å². The van der Waals surface area contributed by atoms with Crippen LogP contribution in [0.1, 0.15) is 5.01 Å². The summed E-state index contributed by atoms with van der Waals surface area (Å²) >= 11 is 0.360. The third-order valence-corrected chi connectivity index (χ3v) is 2.63. The van der Waals surface area contributed by atoms with Crippen LogP contribution in [0.15, 0.2) is 24.3 Å². The number of anilines is 2. The van der Waals surface area contributed by atoms with E-state index in [0.717, 1.165) is 6.07 Å². The molecule has 2 rings (SSSR count). The van der Waals surface area contributed by atoms with Crippen molar-refractivity contribution in [3.05, 3.63) is 35.1 Å². The highest BCUT2D eigenvalue weighted by atomic mass is 32.1. The highest BCUT2D eigenvalue weighted by Gasteiger charge is 2.35. The lowest BCUT2D eigenvalue weighted by molar-refractivity contribution is -0.138. The number of aromatic nitrogens is 2. The molecule has 0 amide bonds. The highest BCUT2D eigenvalue weighted by molar-refractivity contribution is 7.15. The first-order chi connectivity index (χ1) is 7.95. The van der Waals surface area contributed by atoms with E-state index in [1.165, 1.54) is 18.2 Å². The SMILES string of the molecule is Fc1cccc(Nc2nnc(C(F)(F)F)s2)c1. The Labute approximate surface area is 97.1 Å². The summed E-state index contributed by atoms with van der Waals surface area (Å²) in [6, 6.07) is 5.32. The largest absolute Gasteiger partial charge is 0.445 e. The molecule has 3 nitrogen and oxygen atoms in total. The molecule has 1 aromatic heterocycles. The van der Waals surface area contributed by atoms with E-state index < -0.39 is 17.0 Å². The van der Waals surface area contributed by atoms with Gasteiger partial charge < -0.3 is 5.32 Å². The quantitative estimate of drug-likeness (QED) is 0.843. The smallest absolute Gasteiger partial charge is 0.330 e. The summed E-state index contributed by atoms with van der Waals surface area (Å²) in [5.74, 6) is -0.490. The first kappa shape index (κ1) is 11.8. The van der Waals surface area contributed by atoms with Gasteiger partial charge in [-0.05, 0) is 18.2 Å². The van der Waals surface area contributed by atoms with Crippen LogP contribution in [0.3, 0.4) is 0 Å². The van der Waals surface area contributed by atoms with Crippen molar-refractivity contribution in [2.24, 2.45) is 0 Å². The van der Waals surface area contributed by atoms with Crippen LogP contribution >= 0.6 is 11.3 Å². The molecule has 1 N–H and O–H groups in total. The molecule has 0 bridgehead atoms. The third-order valence-electron chi connectivity index (χ3n) is 1.74. The summed E-state index contributed by atoms with van der Waals surface area (Å²) in [6.07, 6.45) is -4.51. The Morgan fingerprint density at radius 1 is 1.18 bits per heavy atom. The van der Waals surface area contributed by atoms with Gasteiger partial charge >= 0.3 is 6.18 Å². The molecule has 0 aliphatic carbocycles. The van der Waals surface area contributed by atoms with Crippen LogP contribution in [0, 0.1) is 5.82 Å². The molecule has 0 aliphatic heterocycles. The molecular weight excluding hydrogens is 258 g/mol. The normalized spacial score (nSPS) is 11.5. The maximum atomic E-state index is 12.8.